The first-order valence-corrected chi connectivity index (χ1v) is 18.4. The molecule has 2 N–H and O–H groups in total. The maximum atomic E-state index is 14.3. The summed E-state index contributed by atoms with van der Waals surface area (Å²) in [5, 5.41) is 5.19. The smallest absolute Gasteiger partial charge is 0.271 e. The van der Waals surface area contributed by atoms with Crippen LogP contribution in [0.3, 0.4) is 0 Å². The molecule has 2 atom stereocenters. The highest BCUT2D eigenvalue weighted by Crippen LogP contribution is 2.24. The lowest BCUT2D eigenvalue weighted by Crippen LogP contribution is -2.51. The van der Waals surface area contributed by atoms with Crippen LogP contribution in [-0.4, -0.2) is 68.0 Å². The Labute approximate surface area is 343 Å². The highest BCUT2D eigenvalue weighted by atomic mass is 19.1. The average Bonchev–Trinajstić information content (AvgIpc) is 3.23. The molecule has 4 aromatic carbocycles. The molecule has 0 fully saturated rings. The van der Waals surface area contributed by atoms with Gasteiger partial charge in [-0.15, -0.1) is 13.2 Å². The summed E-state index contributed by atoms with van der Waals surface area (Å²) < 4.78 is 67.8. The molecule has 0 spiro atoms. The molecule has 0 bridgehead atoms. The summed E-state index contributed by atoms with van der Waals surface area (Å²) >= 11 is 0. The minimum atomic E-state index is -1.48. The molecule has 4 amide bonds. The van der Waals surface area contributed by atoms with Crippen molar-refractivity contribution in [1.29, 1.82) is 0 Å². The number of amides is 4. The number of hydrogen-bond donors (Lipinski definition) is 2. The summed E-state index contributed by atoms with van der Waals surface area (Å²) in [4.78, 5) is 63.6. The van der Waals surface area contributed by atoms with E-state index in [0.717, 1.165) is 24.3 Å². The fraction of sp³-hybridized carbons (Fsp3) is 0.178. The number of carbonyl (C=O) groups is 4. The van der Waals surface area contributed by atoms with Gasteiger partial charge in [0.25, 0.3) is 11.8 Å². The van der Waals surface area contributed by atoms with Crippen molar-refractivity contribution in [2.75, 3.05) is 37.1 Å². The lowest BCUT2D eigenvalue weighted by molar-refractivity contribution is -0.121. The SMILES string of the molecule is C=CCN(C(=O)[C@H](Cc1cc(F)cc(F)c1)NC(=O)c1cccnc1C(=O)N[C@@H](Cc1cc(F)cc(F)c1)C(=O)N(CC=C)c1ccc(OC)cc1)c1ccc(OC)cc1. The quantitative estimate of drug-likeness (QED) is 0.0737. The molecule has 0 aliphatic carbocycles. The van der Waals surface area contributed by atoms with Crippen LogP contribution < -0.4 is 29.9 Å². The monoisotopic (exact) mass is 823 g/mol. The van der Waals surface area contributed by atoms with Crippen LogP contribution in [0.1, 0.15) is 32.0 Å². The van der Waals surface area contributed by atoms with Gasteiger partial charge in [-0.3, -0.25) is 24.2 Å². The summed E-state index contributed by atoms with van der Waals surface area (Å²) in [6, 6.07) is 17.9. The summed E-state index contributed by atoms with van der Waals surface area (Å²) in [6.45, 7) is 7.40. The number of ether oxygens (including phenoxy) is 2. The van der Waals surface area contributed by atoms with Gasteiger partial charge in [-0.05, 0) is 96.1 Å². The highest BCUT2D eigenvalue weighted by Gasteiger charge is 2.32. The van der Waals surface area contributed by atoms with E-state index in [9.17, 15) is 36.7 Å². The first-order chi connectivity index (χ1) is 28.8. The van der Waals surface area contributed by atoms with Crippen molar-refractivity contribution in [3.8, 4) is 11.5 Å². The maximum Gasteiger partial charge on any atom is 0.271 e. The lowest BCUT2D eigenvalue weighted by Gasteiger charge is -2.28. The molecule has 60 heavy (non-hydrogen) atoms. The Morgan fingerprint density at radius 1 is 0.633 bits per heavy atom. The Bertz CT molecular complexity index is 2160. The van der Waals surface area contributed by atoms with Gasteiger partial charge in [-0.2, -0.15) is 0 Å². The number of halogens is 4. The molecule has 11 nitrogen and oxygen atoms in total. The minimum Gasteiger partial charge on any atom is -0.497 e. The fourth-order valence-electron chi connectivity index (χ4n) is 6.37. The number of nitrogens with one attached hydrogen (secondary N) is 2. The number of hydrogen-bond acceptors (Lipinski definition) is 7. The van der Waals surface area contributed by atoms with E-state index in [1.165, 1.54) is 54.5 Å². The van der Waals surface area contributed by atoms with Crippen LogP contribution in [0.5, 0.6) is 11.5 Å². The number of aromatic nitrogens is 1. The van der Waals surface area contributed by atoms with Gasteiger partial charge in [-0.25, -0.2) is 17.6 Å². The zero-order valence-corrected chi connectivity index (χ0v) is 32.7. The van der Waals surface area contributed by atoms with Crippen molar-refractivity contribution in [2.24, 2.45) is 0 Å². The molecule has 15 heteroatoms. The first kappa shape index (κ1) is 43.8. The molecule has 310 valence electrons. The topological polar surface area (TPSA) is 130 Å². The van der Waals surface area contributed by atoms with E-state index in [1.807, 2.05) is 0 Å². The van der Waals surface area contributed by atoms with Crippen LogP contribution in [0.2, 0.25) is 0 Å². The normalized spacial score (nSPS) is 11.7. The summed E-state index contributed by atoms with van der Waals surface area (Å²) in [7, 11) is 2.95. The van der Waals surface area contributed by atoms with Crippen LogP contribution in [0.15, 0.2) is 129 Å². The van der Waals surface area contributed by atoms with E-state index in [-0.39, 0.29) is 42.6 Å². The van der Waals surface area contributed by atoms with Gasteiger partial charge in [0.15, 0.2) is 0 Å². The molecule has 0 unspecified atom stereocenters. The molecule has 5 aromatic rings. The van der Waals surface area contributed by atoms with Crippen molar-refractivity contribution in [3.63, 3.8) is 0 Å². The van der Waals surface area contributed by atoms with E-state index in [0.29, 0.717) is 35.0 Å². The van der Waals surface area contributed by atoms with E-state index in [4.69, 9.17) is 9.47 Å². The molecule has 1 heterocycles. The molecule has 0 radical (unpaired) electrons. The van der Waals surface area contributed by atoms with Crippen LogP contribution in [0, 0.1) is 23.3 Å². The highest BCUT2D eigenvalue weighted by molar-refractivity contribution is 6.09. The second kappa shape index (κ2) is 20.4. The van der Waals surface area contributed by atoms with Crippen molar-refractivity contribution < 1.29 is 46.2 Å². The van der Waals surface area contributed by atoms with Crippen LogP contribution in [0.25, 0.3) is 0 Å². The number of rotatable bonds is 18. The third-order valence-electron chi connectivity index (χ3n) is 9.12. The second-order valence-electron chi connectivity index (χ2n) is 13.3. The van der Waals surface area contributed by atoms with Crippen molar-refractivity contribution >= 4 is 35.0 Å². The Kier molecular flexibility index (Phi) is 14.9. The molecule has 0 saturated carbocycles. The van der Waals surface area contributed by atoms with Crippen LogP contribution in [0.4, 0.5) is 28.9 Å². The Hall–Kier alpha value is -7.29. The van der Waals surface area contributed by atoms with E-state index >= 15 is 0 Å². The van der Waals surface area contributed by atoms with Crippen molar-refractivity contribution in [3.05, 3.63) is 174 Å². The van der Waals surface area contributed by atoms with Gasteiger partial charge in [0.2, 0.25) is 11.8 Å². The van der Waals surface area contributed by atoms with Gasteiger partial charge >= 0.3 is 0 Å². The molecule has 5 rings (SSSR count). The third-order valence-corrected chi connectivity index (χ3v) is 9.12. The number of nitrogens with zero attached hydrogens (tertiary/aromatic N) is 3. The van der Waals surface area contributed by atoms with Gasteiger partial charge < -0.3 is 29.9 Å². The zero-order valence-electron chi connectivity index (χ0n) is 32.7. The van der Waals surface area contributed by atoms with Gasteiger partial charge in [0.1, 0.15) is 52.5 Å². The van der Waals surface area contributed by atoms with Crippen molar-refractivity contribution in [2.45, 2.75) is 24.9 Å². The first-order valence-electron chi connectivity index (χ1n) is 18.4. The standard InChI is InChI=1S/C45H41F4N5O6/c1-5-18-53(34-9-13-36(59-3)14-10-34)44(57)39(24-28-20-30(46)26-31(47)21-28)51-42(55)38-8-7-17-50-41(38)43(56)52-40(25-29-22-32(48)27-33(49)23-29)45(58)54(19-6-2)35-11-15-37(60-4)16-12-35/h5-17,20-23,26-27,39-40H,1-2,18-19,24-25H2,3-4H3,(H,51,55)(H,52,56)/t39-,40-/m0/s1. The molecule has 0 aliphatic heterocycles. The molecule has 0 aliphatic rings. The fourth-order valence-corrected chi connectivity index (χ4v) is 6.37. The predicted molar refractivity (Wildman–Crippen MR) is 218 cm³/mol. The second-order valence-corrected chi connectivity index (χ2v) is 13.3. The minimum absolute atomic E-state index is 0.0282. The number of methoxy groups -OCH3 is 2. The summed E-state index contributed by atoms with van der Waals surface area (Å²) in [5.74, 6) is -6.01. The Balaban J connectivity index is 1.49. The Morgan fingerprint density at radius 3 is 1.42 bits per heavy atom. The van der Waals surface area contributed by atoms with Gasteiger partial charge in [-0.1, -0.05) is 12.2 Å². The molecular weight excluding hydrogens is 783 g/mol. The zero-order chi connectivity index (χ0) is 43.3. The van der Waals surface area contributed by atoms with Gasteiger partial charge in [0.05, 0.1) is 19.8 Å². The third kappa shape index (κ3) is 11.2. The Morgan fingerprint density at radius 2 is 1.03 bits per heavy atom. The van der Waals surface area contributed by atoms with E-state index < -0.39 is 64.7 Å². The van der Waals surface area contributed by atoms with Crippen molar-refractivity contribution in [1.82, 2.24) is 15.6 Å². The lowest BCUT2D eigenvalue weighted by atomic mass is 10.0. The molecule has 1 aromatic heterocycles. The summed E-state index contributed by atoms with van der Waals surface area (Å²) in [5.41, 5.74) is 0.0467. The number of benzene rings is 4. The van der Waals surface area contributed by atoms with Crippen LogP contribution >= 0.6 is 0 Å². The van der Waals surface area contributed by atoms with E-state index in [1.54, 1.807) is 48.5 Å². The average molecular weight is 824 g/mol. The largest absolute Gasteiger partial charge is 0.497 e. The van der Waals surface area contributed by atoms with Crippen LogP contribution in [-0.2, 0) is 22.4 Å². The number of carbonyl (C=O) groups excluding carboxylic acids is 4. The van der Waals surface area contributed by atoms with E-state index in [2.05, 4.69) is 28.8 Å². The molecule has 0 saturated heterocycles. The predicted octanol–water partition coefficient (Wildman–Crippen LogP) is 6.78. The molecular formula is C45H41F4N5O6. The maximum absolute atomic E-state index is 14.3. The van der Waals surface area contributed by atoms with Gasteiger partial charge in [0, 0.05) is 55.6 Å². The number of pyridine rings is 1. The number of anilines is 2. The summed E-state index contributed by atoms with van der Waals surface area (Å²) in [6.07, 6.45) is 3.36.